The van der Waals surface area contributed by atoms with E-state index in [1.165, 1.54) is 37.1 Å². The Morgan fingerprint density at radius 1 is 1.12 bits per heavy atom. The number of hydrogen-bond acceptors (Lipinski definition) is 2. The average Bonchev–Trinajstić information content (AvgIpc) is 3.30. The zero-order chi connectivity index (χ0) is 17.6. The summed E-state index contributed by atoms with van der Waals surface area (Å²) in [5.74, 6) is 1.36. The van der Waals surface area contributed by atoms with Gasteiger partial charge >= 0.3 is 6.18 Å². The third-order valence-electron chi connectivity index (χ3n) is 5.36. The van der Waals surface area contributed by atoms with E-state index in [4.69, 9.17) is 4.42 Å². The number of fused-ring (bicyclic) bond motifs is 2. The van der Waals surface area contributed by atoms with Crippen LogP contribution < -0.4 is 5.32 Å². The lowest BCUT2D eigenvalue weighted by Gasteiger charge is -2.22. The molecule has 0 spiro atoms. The summed E-state index contributed by atoms with van der Waals surface area (Å²) in [7, 11) is 0. The molecule has 2 fully saturated rings. The largest absolute Gasteiger partial charge is 0.451 e. The maximum Gasteiger partial charge on any atom is 0.416 e. The predicted octanol–water partition coefficient (Wildman–Crippen LogP) is 4.88. The lowest BCUT2D eigenvalue weighted by molar-refractivity contribution is -0.137. The molecule has 132 valence electrons. The Bertz CT molecular complexity index is 796. The monoisotopic (exact) mass is 349 g/mol. The van der Waals surface area contributed by atoms with E-state index in [0.29, 0.717) is 17.4 Å². The quantitative estimate of drug-likeness (QED) is 0.858. The highest BCUT2D eigenvalue weighted by molar-refractivity contribution is 5.92. The van der Waals surface area contributed by atoms with Crippen molar-refractivity contribution in [3.63, 3.8) is 0 Å². The summed E-state index contributed by atoms with van der Waals surface area (Å²) >= 11 is 0. The number of carbonyl (C=O) groups is 1. The highest BCUT2D eigenvalue weighted by Gasteiger charge is 2.40. The molecule has 6 heteroatoms. The fourth-order valence-electron chi connectivity index (χ4n) is 4.12. The van der Waals surface area contributed by atoms with E-state index < -0.39 is 11.7 Å². The van der Waals surface area contributed by atoms with Gasteiger partial charge in [-0.3, -0.25) is 4.79 Å². The van der Waals surface area contributed by atoms with Crippen LogP contribution in [0.3, 0.4) is 0 Å². The normalized spacial score (nSPS) is 25.3. The Kier molecular flexibility index (Phi) is 3.85. The first-order valence-electron chi connectivity index (χ1n) is 8.48. The molecule has 1 N–H and O–H groups in total. The van der Waals surface area contributed by atoms with E-state index in [1.807, 2.05) is 0 Å². The summed E-state index contributed by atoms with van der Waals surface area (Å²) in [4.78, 5) is 12.4. The van der Waals surface area contributed by atoms with Crippen LogP contribution in [0.1, 0.15) is 41.8 Å². The number of carbonyl (C=O) groups excluding carboxylic acids is 1. The van der Waals surface area contributed by atoms with Crippen LogP contribution in [0.15, 0.2) is 40.8 Å². The fourth-order valence-corrected chi connectivity index (χ4v) is 4.12. The van der Waals surface area contributed by atoms with Crippen molar-refractivity contribution in [3.05, 3.63) is 47.7 Å². The van der Waals surface area contributed by atoms with Gasteiger partial charge in [-0.2, -0.15) is 13.2 Å². The maximum absolute atomic E-state index is 12.8. The molecular formula is C19H18F3NO2. The molecule has 0 unspecified atom stereocenters. The molecule has 1 heterocycles. The van der Waals surface area contributed by atoms with Crippen molar-refractivity contribution in [1.82, 2.24) is 5.32 Å². The van der Waals surface area contributed by atoms with Gasteiger partial charge in [-0.1, -0.05) is 18.6 Å². The second-order valence-corrected chi connectivity index (χ2v) is 7.00. The van der Waals surface area contributed by atoms with Crippen LogP contribution in [0.4, 0.5) is 13.2 Å². The Morgan fingerprint density at radius 2 is 1.96 bits per heavy atom. The van der Waals surface area contributed by atoms with E-state index in [2.05, 4.69) is 5.32 Å². The van der Waals surface area contributed by atoms with Crippen LogP contribution in [-0.2, 0) is 6.18 Å². The van der Waals surface area contributed by atoms with Gasteiger partial charge in [0.1, 0.15) is 5.76 Å². The zero-order valence-electron chi connectivity index (χ0n) is 13.5. The third kappa shape index (κ3) is 3.17. The molecule has 25 heavy (non-hydrogen) atoms. The highest BCUT2D eigenvalue weighted by atomic mass is 19.4. The molecule has 0 radical (unpaired) electrons. The Labute approximate surface area is 143 Å². The topological polar surface area (TPSA) is 42.2 Å². The number of nitrogens with one attached hydrogen (secondary N) is 1. The van der Waals surface area contributed by atoms with Crippen molar-refractivity contribution in [2.45, 2.75) is 37.9 Å². The van der Waals surface area contributed by atoms with Crippen molar-refractivity contribution < 1.29 is 22.4 Å². The molecule has 0 saturated heterocycles. The van der Waals surface area contributed by atoms with Gasteiger partial charge in [0.25, 0.3) is 5.91 Å². The first-order chi connectivity index (χ1) is 11.9. The van der Waals surface area contributed by atoms with Gasteiger partial charge in [0.15, 0.2) is 5.76 Å². The molecular weight excluding hydrogens is 331 g/mol. The molecule has 4 rings (SSSR count). The summed E-state index contributed by atoms with van der Waals surface area (Å²) in [6.07, 6.45) is 0.182. The molecule has 2 aliphatic carbocycles. The summed E-state index contributed by atoms with van der Waals surface area (Å²) < 4.78 is 44.0. The molecule has 2 bridgehead atoms. The molecule has 1 aromatic heterocycles. The summed E-state index contributed by atoms with van der Waals surface area (Å²) in [5, 5.41) is 3.01. The van der Waals surface area contributed by atoms with Crippen molar-refractivity contribution >= 4 is 5.91 Å². The van der Waals surface area contributed by atoms with Crippen molar-refractivity contribution in [2.75, 3.05) is 0 Å². The number of rotatable bonds is 3. The first-order valence-corrected chi connectivity index (χ1v) is 8.48. The van der Waals surface area contributed by atoms with E-state index in [9.17, 15) is 18.0 Å². The molecule has 2 aromatic rings. The van der Waals surface area contributed by atoms with Gasteiger partial charge in [0.2, 0.25) is 0 Å². The lowest BCUT2D eigenvalue weighted by Crippen LogP contribution is -2.38. The van der Waals surface area contributed by atoms with Crippen LogP contribution in [0.25, 0.3) is 11.3 Å². The standard InChI is InChI=1S/C19H18F3NO2/c20-19(21,22)14-3-1-2-13(10-14)16-6-7-17(25-16)18(24)23-15-9-11-4-5-12(15)8-11/h1-3,6-7,10-12,15H,4-5,8-9H2,(H,23,24)/t11-,12+,15-/m1/s1. The molecule has 3 atom stereocenters. The number of benzene rings is 1. The second kappa shape index (κ2) is 5.93. The number of hydrogen-bond donors (Lipinski definition) is 1. The maximum atomic E-state index is 12.8. The van der Waals surface area contributed by atoms with Crippen LogP contribution in [-0.4, -0.2) is 11.9 Å². The molecule has 1 aromatic carbocycles. The van der Waals surface area contributed by atoms with Gasteiger partial charge in [0, 0.05) is 11.6 Å². The molecule has 0 aliphatic heterocycles. The molecule has 3 nitrogen and oxygen atoms in total. The van der Waals surface area contributed by atoms with E-state index in [0.717, 1.165) is 25.0 Å². The predicted molar refractivity (Wildman–Crippen MR) is 85.8 cm³/mol. The van der Waals surface area contributed by atoms with Crippen molar-refractivity contribution in [2.24, 2.45) is 11.8 Å². The summed E-state index contributed by atoms with van der Waals surface area (Å²) in [6, 6.07) is 8.13. The fraction of sp³-hybridized carbons (Fsp3) is 0.421. The van der Waals surface area contributed by atoms with Gasteiger partial charge in [-0.15, -0.1) is 0 Å². The van der Waals surface area contributed by atoms with Gasteiger partial charge in [0.05, 0.1) is 5.56 Å². The highest BCUT2D eigenvalue weighted by Crippen LogP contribution is 2.44. The number of furan rings is 1. The molecule has 2 aliphatic rings. The van der Waals surface area contributed by atoms with Crippen molar-refractivity contribution in [3.8, 4) is 11.3 Å². The van der Waals surface area contributed by atoms with E-state index >= 15 is 0 Å². The first kappa shape index (κ1) is 16.2. The minimum absolute atomic E-state index is 0.134. The van der Waals surface area contributed by atoms with Gasteiger partial charge < -0.3 is 9.73 Å². The summed E-state index contributed by atoms with van der Waals surface area (Å²) in [5.41, 5.74) is -0.441. The van der Waals surface area contributed by atoms with E-state index in [1.54, 1.807) is 0 Å². The number of amides is 1. The number of halogens is 3. The van der Waals surface area contributed by atoms with Crippen molar-refractivity contribution in [1.29, 1.82) is 0 Å². The Morgan fingerprint density at radius 3 is 2.64 bits per heavy atom. The minimum Gasteiger partial charge on any atom is -0.451 e. The lowest BCUT2D eigenvalue weighted by atomic mass is 9.95. The average molecular weight is 349 g/mol. The number of alkyl halides is 3. The van der Waals surface area contributed by atoms with Crippen LogP contribution in [0.5, 0.6) is 0 Å². The van der Waals surface area contributed by atoms with E-state index in [-0.39, 0.29) is 23.5 Å². The summed E-state index contributed by atoms with van der Waals surface area (Å²) in [6.45, 7) is 0. The van der Waals surface area contributed by atoms with Crippen LogP contribution in [0.2, 0.25) is 0 Å². The van der Waals surface area contributed by atoms with Crippen LogP contribution in [0, 0.1) is 11.8 Å². The third-order valence-corrected chi connectivity index (χ3v) is 5.36. The Balaban J connectivity index is 1.49. The second-order valence-electron chi connectivity index (χ2n) is 7.00. The SMILES string of the molecule is O=C(N[C@@H]1C[C@@H]2CC[C@H]1C2)c1ccc(-c2cccc(C(F)(F)F)c2)o1. The molecule has 2 saturated carbocycles. The van der Waals surface area contributed by atoms with Gasteiger partial charge in [-0.25, -0.2) is 0 Å². The zero-order valence-corrected chi connectivity index (χ0v) is 13.5. The molecule has 1 amide bonds. The Hall–Kier alpha value is -2.24. The smallest absolute Gasteiger partial charge is 0.416 e. The van der Waals surface area contributed by atoms with Gasteiger partial charge in [-0.05, 0) is 55.4 Å². The van der Waals surface area contributed by atoms with Crippen LogP contribution >= 0.6 is 0 Å². The minimum atomic E-state index is -4.41.